The van der Waals surface area contributed by atoms with Gasteiger partial charge in [-0.2, -0.15) is 0 Å². The molecule has 0 N–H and O–H groups in total. The first-order valence-corrected chi connectivity index (χ1v) is 37.4. The summed E-state index contributed by atoms with van der Waals surface area (Å²) in [7, 11) is -2.50. The number of rotatable bonds is 6. The molecule has 30 heavy (non-hydrogen) atoms. The quantitative estimate of drug-likeness (QED) is 0.249. The summed E-state index contributed by atoms with van der Waals surface area (Å²) in [5.41, 5.74) is 3.45. The Morgan fingerprint density at radius 3 is 1.17 bits per heavy atom. The van der Waals surface area contributed by atoms with E-state index in [1.54, 1.807) is 21.5 Å². The van der Waals surface area contributed by atoms with Crippen LogP contribution in [0.4, 0.5) is 0 Å². The van der Waals surface area contributed by atoms with Crippen LogP contribution in [0.1, 0.15) is 40.5 Å². The number of halogens is 2. The van der Waals surface area contributed by atoms with E-state index in [-0.39, 0.29) is 24.8 Å². The summed E-state index contributed by atoms with van der Waals surface area (Å²) >= 11 is -3.34. The predicted molar refractivity (Wildman–Crippen MR) is 151 cm³/mol. The van der Waals surface area contributed by atoms with Gasteiger partial charge in [-0.05, 0) is 0 Å². The number of hydrogen-bond donors (Lipinski definition) is 0. The van der Waals surface area contributed by atoms with Crippen LogP contribution < -0.4 is 0 Å². The van der Waals surface area contributed by atoms with Crippen molar-refractivity contribution in [2.45, 2.75) is 89.2 Å². The minimum Gasteiger partial charge on any atom is -0.147 e. The van der Waals surface area contributed by atoms with Crippen LogP contribution in [0.25, 0.3) is 0 Å². The third-order valence-corrected chi connectivity index (χ3v) is 35.9. The fourth-order valence-corrected chi connectivity index (χ4v) is 30.2. The summed E-state index contributed by atoms with van der Waals surface area (Å²) in [6.45, 7) is 27.4. The molecule has 0 heterocycles. The zero-order chi connectivity index (χ0) is 21.9. The van der Waals surface area contributed by atoms with E-state index in [1.807, 2.05) is 6.66 Å². The predicted octanol–water partition coefficient (Wildman–Crippen LogP) is 8.40. The Balaban J connectivity index is 0.00000420. The van der Waals surface area contributed by atoms with Crippen LogP contribution in [-0.2, 0) is 17.1 Å². The van der Waals surface area contributed by atoms with Crippen molar-refractivity contribution < 1.29 is 17.1 Å². The molecule has 0 bridgehead atoms. The maximum atomic E-state index is 2.77. The largest absolute Gasteiger partial charge is 0.147 e. The first-order chi connectivity index (χ1) is 12.3. The van der Waals surface area contributed by atoms with Gasteiger partial charge in [-0.25, -0.2) is 0 Å². The molecule has 0 fully saturated rings. The molecule has 6 heteroatoms. The molecule has 2 aliphatic rings. The first kappa shape index (κ1) is 31.1. The summed E-state index contributed by atoms with van der Waals surface area (Å²) in [4.78, 5) is 0. The second kappa shape index (κ2) is 9.74. The van der Waals surface area contributed by atoms with Crippen LogP contribution in [0.15, 0.2) is 40.4 Å². The van der Waals surface area contributed by atoms with Gasteiger partial charge in [0, 0.05) is 0 Å². The van der Waals surface area contributed by atoms with Gasteiger partial charge in [0.15, 0.2) is 0 Å². The van der Waals surface area contributed by atoms with Crippen molar-refractivity contribution in [2.75, 3.05) is 0 Å². The average molecular weight is 670 g/mol. The molecule has 0 saturated carbocycles. The second-order valence-corrected chi connectivity index (χ2v) is 64.3. The Hall–Kier alpha value is 1.06. The van der Waals surface area contributed by atoms with Crippen molar-refractivity contribution in [1.82, 2.24) is 0 Å². The molecule has 0 unspecified atom stereocenters. The van der Waals surface area contributed by atoms with E-state index >= 15 is 0 Å². The van der Waals surface area contributed by atoms with E-state index in [2.05, 4.69) is 95.4 Å². The Bertz CT molecular complexity index is 801. The van der Waals surface area contributed by atoms with Gasteiger partial charge < -0.3 is 0 Å². The van der Waals surface area contributed by atoms with E-state index in [0.717, 1.165) is 0 Å². The van der Waals surface area contributed by atoms with Crippen LogP contribution in [0.2, 0.25) is 48.6 Å². The molecule has 0 radical (unpaired) electrons. The molecular weight excluding hydrogens is 622 g/mol. The van der Waals surface area contributed by atoms with E-state index < -0.39 is 33.3 Å². The summed E-state index contributed by atoms with van der Waals surface area (Å²) < 4.78 is 9.41. The van der Waals surface area contributed by atoms with Crippen molar-refractivity contribution in [3.8, 4) is 0 Å². The zero-order valence-electron chi connectivity index (χ0n) is 21.7. The van der Waals surface area contributed by atoms with Crippen molar-refractivity contribution in [1.29, 1.82) is 0 Å². The third-order valence-electron chi connectivity index (χ3n) is 7.20. The van der Waals surface area contributed by atoms with Crippen LogP contribution in [0.3, 0.4) is 0 Å². The van der Waals surface area contributed by atoms with E-state index in [1.165, 1.54) is 12.8 Å². The van der Waals surface area contributed by atoms with Gasteiger partial charge >= 0.3 is 182 Å². The van der Waals surface area contributed by atoms with Gasteiger partial charge in [0.1, 0.15) is 0 Å². The van der Waals surface area contributed by atoms with Gasteiger partial charge in [0.2, 0.25) is 0 Å². The monoisotopic (exact) mass is 670 g/mol. The number of hydrogen-bond acceptors (Lipinski definition) is 0. The third kappa shape index (κ3) is 6.14. The minimum absolute atomic E-state index is 0. The first-order valence-electron chi connectivity index (χ1n) is 11.3. The van der Waals surface area contributed by atoms with Crippen LogP contribution >= 0.6 is 24.8 Å². The van der Waals surface area contributed by atoms with E-state index in [4.69, 9.17) is 0 Å². The molecule has 174 valence electrons. The maximum absolute atomic E-state index is 3.34. The Morgan fingerprint density at radius 1 is 0.700 bits per heavy atom. The molecule has 0 nitrogen and oxygen atoms in total. The topological polar surface area (TPSA) is 0 Å². The van der Waals surface area contributed by atoms with Gasteiger partial charge in [0.05, 0.1) is 0 Å². The summed E-state index contributed by atoms with van der Waals surface area (Å²) in [5, 5.41) is 3.60. The summed E-state index contributed by atoms with van der Waals surface area (Å²) in [6.07, 6.45) is 7.93. The Morgan fingerprint density at radius 2 is 0.967 bits per heavy atom. The molecule has 0 aliphatic heterocycles. The molecule has 0 spiro atoms. The second-order valence-electron chi connectivity index (χ2n) is 13.1. The van der Waals surface area contributed by atoms with Gasteiger partial charge in [-0.3, -0.25) is 0 Å². The fourth-order valence-electron chi connectivity index (χ4n) is 4.91. The SMILES string of the molecule is CC(C)C1=[C]([Hf]([CH3])([CH3])(=[SiH2])[C]2=C(C(C)C)C=C([Si](C)(C)C)C2)CC([Si](C)(C)C)=C1.Cl.Cl. The standard InChI is InChI=1S/2C11H19Si.2CH3.2ClH.Hf.H2Si/c2*1-9(2)10-6-7-11(8-10)12(3,4)5;;;;;;/h2*8-9H,7H2,1-5H3;2*1H3;2*1H;;1H2. The molecule has 0 atom stereocenters. The number of allylic oxidation sites excluding steroid dienone is 8. The van der Waals surface area contributed by atoms with E-state index in [0.29, 0.717) is 11.8 Å². The van der Waals surface area contributed by atoms with Crippen molar-refractivity contribution in [2.24, 2.45) is 11.8 Å². The van der Waals surface area contributed by atoms with Crippen LogP contribution in [-0.4, -0.2) is 23.1 Å². The molecule has 0 aromatic carbocycles. The molecule has 0 amide bonds. The average Bonchev–Trinajstić information content (AvgIpc) is 3.12. The van der Waals surface area contributed by atoms with Gasteiger partial charge in [-0.15, -0.1) is 24.8 Å². The normalized spacial score (nSPS) is 18.6. The molecule has 2 rings (SSSR count). The van der Waals surface area contributed by atoms with Crippen LogP contribution in [0, 0.1) is 11.8 Å². The smallest absolute Gasteiger partial charge is 0.147 e. The van der Waals surface area contributed by atoms with Gasteiger partial charge in [-0.1, -0.05) is 0 Å². The summed E-state index contributed by atoms with van der Waals surface area (Å²) in [5.74, 6) is 1.30. The minimum atomic E-state index is -3.34. The Kier molecular flexibility index (Phi) is 10.1. The maximum Gasteiger partial charge on any atom is -0.147 e. The molecule has 0 aromatic heterocycles. The molecule has 2 aliphatic carbocycles. The Labute approximate surface area is 204 Å². The van der Waals surface area contributed by atoms with Crippen LogP contribution in [0.5, 0.6) is 0 Å². The van der Waals surface area contributed by atoms with Crippen molar-refractivity contribution in [3.05, 3.63) is 40.4 Å². The van der Waals surface area contributed by atoms with E-state index in [9.17, 15) is 0 Å². The zero-order valence-corrected chi connectivity index (χ0v) is 30.4. The molecule has 0 saturated heterocycles. The van der Waals surface area contributed by atoms with Crippen molar-refractivity contribution in [3.63, 3.8) is 0 Å². The fraction of sp³-hybridized carbons (Fsp3) is 0.667. The molecular formula is C24H48Cl2HfSi3. The summed E-state index contributed by atoms with van der Waals surface area (Å²) in [6, 6.07) is 0. The van der Waals surface area contributed by atoms with Crippen molar-refractivity contribution >= 4 is 47.9 Å². The molecule has 0 aromatic rings. The van der Waals surface area contributed by atoms with Gasteiger partial charge in [0.25, 0.3) is 0 Å².